The molecular weight excluding hydrogens is 206 g/mol. The van der Waals surface area contributed by atoms with Crippen molar-refractivity contribution in [2.45, 2.75) is 0 Å². The molecule has 1 heterocycles. The topological polar surface area (TPSA) is 46.5 Å². The van der Waals surface area contributed by atoms with E-state index < -0.39 is 17.6 Å². The first-order valence-electron chi connectivity index (χ1n) is 4.14. The number of carbonyl (C=O) groups is 1. The van der Waals surface area contributed by atoms with Gasteiger partial charge in [-0.15, -0.1) is 0 Å². The lowest BCUT2D eigenvalue weighted by Gasteiger charge is -2.16. The molecule has 5 heteroatoms. The van der Waals surface area contributed by atoms with E-state index in [1.807, 2.05) is 0 Å². The molecule has 1 N–H and O–H groups in total. The summed E-state index contributed by atoms with van der Waals surface area (Å²) in [6, 6.07) is 2.20. The Labute approximate surface area is 83.6 Å². The van der Waals surface area contributed by atoms with Crippen LogP contribution in [0.1, 0.15) is 5.56 Å². The van der Waals surface area contributed by atoms with E-state index in [0.29, 0.717) is 0 Å². The first-order chi connectivity index (χ1) is 7.09. The van der Waals surface area contributed by atoms with E-state index in [2.05, 4.69) is 0 Å². The van der Waals surface area contributed by atoms with Crippen molar-refractivity contribution in [1.29, 1.82) is 0 Å². The fraction of sp³-hybridized carbons (Fsp3) is 0.100. The van der Waals surface area contributed by atoms with Gasteiger partial charge < -0.3 is 9.84 Å². The van der Waals surface area contributed by atoms with Crippen LogP contribution in [0.3, 0.4) is 0 Å². The summed E-state index contributed by atoms with van der Waals surface area (Å²) >= 11 is 0. The molecule has 0 unspecified atom stereocenters. The molecule has 0 fully saturated rings. The number of carboxylic acids is 1. The number of benzene rings is 1. The molecule has 15 heavy (non-hydrogen) atoms. The van der Waals surface area contributed by atoms with Crippen molar-refractivity contribution < 1.29 is 23.4 Å². The number of fused-ring (bicyclic) bond motifs is 1. The van der Waals surface area contributed by atoms with E-state index in [9.17, 15) is 13.6 Å². The highest BCUT2D eigenvalue weighted by atomic mass is 19.2. The number of ether oxygens (including phenoxy) is 1. The number of hydrogen-bond donors (Lipinski definition) is 1. The highest BCUT2D eigenvalue weighted by molar-refractivity contribution is 5.93. The molecule has 1 aliphatic rings. The summed E-state index contributed by atoms with van der Waals surface area (Å²) in [7, 11) is 0. The van der Waals surface area contributed by atoms with Crippen molar-refractivity contribution in [3.8, 4) is 5.75 Å². The number of carboxylic acid groups (broad SMARTS) is 1. The monoisotopic (exact) mass is 212 g/mol. The van der Waals surface area contributed by atoms with Gasteiger partial charge >= 0.3 is 5.97 Å². The smallest absolute Gasteiger partial charge is 0.335 e. The van der Waals surface area contributed by atoms with Crippen LogP contribution in [0, 0.1) is 11.6 Å². The second-order valence-corrected chi connectivity index (χ2v) is 3.04. The summed E-state index contributed by atoms with van der Waals surface area (Å²) in [6.45, 7) is -0.261. The van der Waals surface area contributed by atoms with Gasteiger partial charge in [-0.05, 0) is 18.2 Å². The summed E-state index contributed by atoms with van der Waals surface area (Å²) in [5.74, 6) is -3.47. The van der Waals surface area contributed by atoms with Gasteiger partial charge in [0.1, 0.15) is 6.61 Å². The van der Waals surface area contributed by atoms with Crippen LogP contribution in [0.5, 0.6) is 5.75 Å². The van der Waals surface area contributed by atoms with Crippen LogP contribution >= 0.6 is 0 Å². The van der Waals surface area contributed by atoms with Crippen LogP contribution in [0.25, 0.3) is 6.08 Å². The Kier molecular flexibility index (Phi) is 2.15. The highest BCUT2D eigenvalue weighted by Crippen LogP contribution is 2.30. The van der Waals surface area contributed by atoms with Gasteiger partial charge in [-0.3, -0.25) is 0 Å². The van der Waals surface area contributed by atoms with E-state index in [4.69, 9.17) is 9.84 Å². The average Bonchev–Trinajstić information content (AvgIpc) is 2.23. The molecule has 2 rings (SSSR count). The third kappa shape index (κ3) is 1.56. The zero-order valence-electron chi connectivity index (χ0n) is 7.46. The van der Waals surface area contributed by atoms with E-state index in [1.54, 1.807) is 0 Å². The minimum Gasteiger partial charge on any atom is -0.485 e. The zero-order valence-corrected chi connectivity index (χ0v) is 7.46. The molecule has 0 amide bonds. The fourth-order valence-electron chi connectivity index (χ4n) is 1.31. The Hall–Kier alpha value is -1.91. The fourth-order valence-corrected chi connectivity index (χ4v) is 1.31. The van der Waals surface area contributed by atoms with Crippen LogP contribution in [0.4, 0.5) is 8.78 Å². The lowest BCUT2D eigenvalue weighted by Crippen LogP contribution is -2.15. The maximum Gasteiger partial charge on any atom is 0.335 e. The highest BCUT2D eigenvalue weighted by Gasteiger charge is 2.21. The molecule has 1 aromatic rings. The van der Waals surface area contributed by atoms with Gasteiger partial charge in [-0.2, -0.15) is 4.39 Å². The third-order valence-electron chi connectivity index (χ3n) is 2.06. The standard InChI is InChI=1S/C10H6F2O3/c11-7-2-1-5-3-6(10(13)14)4-15-9(5)8(7)12/h1-3H,4H2,(H,13,14). The maximum absolute atomic E-state index is 13.1. The minimum absolute atomic E-state index is 0.00788. The van der Waals surface area contributed by atoms with Crippen LogP contribution in [0.15, 0.2) is 17.7 Å². The maximum atomic E-state index is 13.1. The zero-order chi connectivity index (χ0) is 11.0. The Morgan fingerprint density at radius 2 is 2.13 bits per heavy atom. The molecule has 3 nitrogen and oxygen atoms in total. The summed E-state index contributed by atoms with van der Waals surface area (Å²) in [5.41, 5.74) is 0.242. The molecule has 0 bridgehead atoms. The molecule has 0 spiro atoms. The van der Waals surface area contributed by atoms with Gasteiger partial charge in [0.2, 0.25) is 5.82 Å². The first-order valence-corrected chi connectivity index (χ1v) is 4.14. The summed E-state index contributed by atoms with van der Waals surface area (Å²) in [6.07, 6.45) is 1.27. The van der Waals surface area contributed by atoms with Crippen molar-refractivity contribution in [3.63, 3.8) is 0 Å². The Morgan fingerprint density at radius 3 is 2.80 bits per heavy atom. The number of aliphatic carboxylic acids is 1. The molecule has 0 aromatic heterocycles. The van der Waals surface area contributed by atoms with Gasteiger partial charge in [-0.1, -0.05) is 0 Å². The van der Waals surface area contributed by atoms with Gasteiger partial charge in [0.15, 0.2) is 11.6 Å². The predicted octanol–water partition coefficient (Wildman–Crippen LogP) is 1.83. The third-order valence-corrected chi connectivity index (χ3v) is 2.06. The summed E-state index contributed by atoms with van der Waals surface area (Å²) in [5, 5.41) is 8.67. The second-order valence-electron chi connectivity index (χ2n) is 3.04. The van der Waals surface area contributed by atoms with Crippen LogP contribution in [-0.4, -0.2) is 17.7 Å². The number of hydrogen-bond acceptors (Lipinski definition) is 2. The molecule has 0 saturated heterocycles. The average molecular weight is 212 g/mol. The predicted molar refractivity (Wildman–Crippen MR) is 47.5 cm³/mol. The van der Waals surface area contributed by atoms with Gasteiger partial charge in [-0.25, -0.2) is 9.18 Å². The van der Waals surface area contributed by atoms with E-state index in [1.165, 1.54) is 12.1 Å². The van der Waals surface area contributed by atoms with Crippen molar-refractivity contribution in [1.82, 2.24) is 0 Å². The number of halogens is 2. The van der Waals surface area contributed by atoms with E-state index in [-0.39, 0.29) is 23.5 Å². The molecule has 0 atom stereocenters. The number of rotatable bonds is 1. The van der Waals surface area contributed by atoms with E-state index in [0.717, 1.165) is 6.07 Å². The molecule has 0 radical (unpaired) electrons. The van der Waals surface area contributed by atoms with Crippen molar-refractivity contribution in [2.24, 2.45) is 0 Å². The Bertz CT molecular complexity index is 466. The molecule has 0 saturated carbocycles. The van der Waals surface area contributed by atoms with Gasteiger partial charge in [0.05, 0.1) is 5.57 Å². The van der Waals surface area contributed by atoms with Crippen LogP contribution < -0.4 is 4.74 Å². The summed E-state index contributed by atoms with van der Waals surface area (Å²) in [4.78, 5) is 10.6. The SMILES string of the molecule is O=C(O)C1=Cc2ccc(F)c(F)c2OC1. The minimum atomic E-state index is -1.13. The van der Waals surface area contributed by atoms with Gasteiger partial charge in [0, 0.05) is 5.56 Å². The molecular formula is C10H6F2O3. The first kappa shape index (κ1) is 9.64. The normalized spacial score (nSPS) is 13.9. The van der Waals surface area contributed by atoms with Gasteiger partial charge in [0.25, 0.3) is 0 Å². The largest absolute Gasteiger partial charge is 0.485 e. The summed E-state index contributed by atoms with van der Waals surface area (Å²) < 4.78 is 30.8. The van der Waals surface area contributed by atoms with E-state index >= 15 is 0 Å². The lowest BCUT2D eigenvalue weighted by atomic mass is 10.1. The quantitative estimate of drug-likeness (QED) is 0.772. The van der Waals surface area contributed by atoms with Crippen molar-refractivity contribution >= 4 is 12.0 Å². The van der Waals surface area contributed by atoms with Crippen LogP contribution in [0.2, 0.25) is 0 Å². The Balaban J connectivity index is 2.53. The lowest BCUT2D eigenvalue weighted by molar-refractivity contribution is -0.132. The van der Waals surface area contributed by atoms with Crippen molar-refractivity contribution in [3.05, 3.63) is 34.9 Å². The molecule has 78 valence electrons. The van der Waals surface area contributed by atoms with Crippen LogP contribution in [-0.2, 0) is 4.79 Å². The second kappa shape index (κ2) is 3.34. The molecule has 1 aromatic carbocycles. The molecule has 0 aliphatic carbocycles. The molecule has 1 aliphatic heterocycles. The van der Waals surface area contributed by atoms with Crippen molar-refractivity contribution in [2.75, 3.05) is 6.61 Å². The Morgan fingerprint density at radius 1 is 1.40 bits per heavy atom.